The summed E-state index contributed by atoms with van der Waals surface area (Å²) in [5.74, 6) is -1.16. The van der Waals surface area contributed by atoms with Crippen LogP contribution in [0.15, 0.2) is 18.2 Å². The van der Waals surface area contributed by atoms with Gasteiger partial charge in [0.25, 0.3) is 0 Å². The van der Waals surface area contributed by atoms with Gasteiger partial charge in [0, 0.05) is 5.02 Å². The van der Waals surface area contributed by atoms with E-state index in [4.69, 9.17) is 11.6 Å². The van der Waals surface area contributed by atoms with E-state index in [0.717, 1.165) is 19.3 Å². The van der Waals surface area contributed by atoms with Crippen molar-refractivity contribution in [1.29, 1.82) is 0 Å². The summed E-state index contributed by atoms with van der Waals surface area (Å²) in [5.41, 5.74) is -0.170. The van der Waals surface area contributed by atoms with Gasteiger partial charge in [-0.05, 0) is 43.0 Å². The maximum absolute atomic E-state index is 13.2. The number of carboxylic acids is 1. The van der Waals surface area contributed by atoms with Crippen LogP contribution in [-0.2, 0) is 11.2 Å². The van der Waals surface area contributed by atoms with E-state index in [1.165, 1.54) is 18.2 Å². The third-order valence-electron chi connectivity index (χ3n) is 3.80. The predicted octanol–water partition coefficient (Wildman–Crippen LogP) is 4.06. The summed E-state index contributed by atoms with van der Waals surface area (Å²) in [6, 6.07) is 4.13. The topological polar surface area (TPSA) is 37.3 Å². The Morgan fingerprint density at radius 2 is 2.00 bits per heavy atom. The quantitative estimate of drug-likeness (QED) is 0.899. The molecule has 1 aromatic rings. The lowest BCUT2D eigenvalue weighted by Gasteiger charge is -2.33. The Bertz CT molecular complexity index is 453. The molecule has 4 heteroatoms. The summed E-state index contributed by atoms with van der Waals surface area (Å²) >= 11 is 6.02. The molecule has 1 N–H and O–H groups in total. The van der Waals surface area contributed by atoms with Gasteiger partial charge < -0.3 is 5.11 Å². The molecule has 1 fully saturated rings. The molecule has 2 rings (SSSR count). The van der Waals surface area contributed by atoms with Gasteiger partial charge in [0.1, 0.15) is 5.82 Å². The molecule has 98 valence electrons. The average Bonchev–Trinajstić information content (AvgIpc) is 2.35. The molecule has 0 spiro atoms. The van der Waals surface area contributed by atoms with Crippen LogP contribution in [0.25, 0.3) is 0 Å². The molecule has 2 nitrogen and oxygen atoms in total. The average molecular weight is 271 g/mol. The summed E-state index contributed by atoms with van der Waals surface area (Å²) in [5, 5.41) is 9.92. The predicted molar refractivity (Wildman–Crippen MR) is 68.3 cm³/mol. The van der Waals surface area contributed by atoms with Crippen molar-refractivity contribution >= 4 is 17.6 Å². The lowest BCUT2D eigenvalue weighted by atomic mass is 9.70. The molecule has 0 heterocycles. The Hall–Kier alpha value is -1.09. The number of hydrogen-bond donors (Lipinski definition) is 1. The second-order valence-corrected chi connectivity index (χ2v) is 5.47. The second kappa shape index (κ2) is 5.27. The summed E-state index contributed by atoms with van der Waals surface area (Å²) in [4.78, 5) is 11.5. The van der Waals surface area contributed by atoms with Gasteiger partial charge in [0.05, 0.1) is 5.41 Å². The molecule has 0 aromatic heterocycles. The van der Waals surface area contributed by atoms with Gasteiger partial charge in [-0.1, -0.05) is 30.9 Å². The molecule has 1 saturated carbocycles. The molecule has 0 saturated heterocycles. The van der Waals surface area contributed by atoms with E-state index in [2.05, 4.69) is 0 Å². The first kappa shape index (κ1) is 13.3. The monoisotopic (exact) mass is 270 g/mol. The van der Waals surface area contributed by atoms with Gasteiger partial charge in [0.2, 0.25) is 0 Å². The van der Waals surface area contributed by atoms with E-state index >= 15 is 0 Å². The highest BCUT2D eigenvalue weighted by atomic mass is 35.5. The van der Waals surface area contributed by atoms with E-state index in [-0.39, 0.29) is 5.82 Å². The fourth-order valence-electron chi connectivity index (χ4n) is 2.74. The van der Waals surface area contributed by atoms with Crippen LogP contribution in [0.5, 0.6) is 0 Å². The molecule has 0 atom stereocenters. The SMILES string of the molecule is O=C(O)C1(Cc2cc(F)ccc2Cl)CCCCC1. The van der Waals surface area contributed by atoms with E-state index in [0.29, 0.717) is 29.8 Å². The lowest BCUT2D eigenvalue weighted by Crippen LogP contribution is -2.35. The molecule has 0 radical (unpaired) electrons. The Labute approximate surface area is 111 Å². The standard InChI is InChI=1S/C14H16ClFO2/c15-12-5-4-11(16)8-10(12)9-14(13(17)18)6-2-1-3-7-14/h4-5,8H,1-3,6-7,9H2,(H,17,18). The van der Waals surface area contributed by atoms with Crippen LogP contribution in [0.3, 0.4) is 0 Å². The number of carbonyl (C=O) groups is 1. The Morgan fingerprint density at radius 1 is 1.33 bits per heavy atom. The van der Waals surface area contributed by atoms with E-state index in [9.17, 15) is 14.3 Å². The maximum Gasteiger partial charge on any atom is 0.309 e. The fraction of sp³-hybridized carbons (Fsp3) is 0.500. The molecular weight excluding hydrogens is 255 g/mol. The Morgan fingerprint density at radius 3 is 2.61 bits per heavy atom. The largest absolute Gasteiger partial charge is 0.481 e. The van der Waals surface area contributed by atoms with E-state index in [1.54, 1.807) is 0 Å². The molecule has 0 amide bonds. The summed E-state index contributed by atoms with van der Waals surface area (Å²) in [6.07, 6.45) is 4.52. The van der Waals surface area contributed by atoms with Crippen LogP contribution in [0, 0.1) is 11.2 Å². The molecule has 0 bridgehead atoms. The first-order valence-corrected chi connectivity index (χ1v) is 6.59. The van der Waals surface area contributed by atoms with Crippen LogP contribution in [-0.4, -0.2) is 11.1 Å². The first-order valence-electron chi connectivity index (χ1n) is 6.21. The highest BCUT2D eigenvalue weighted by Gasteiger charge is 2.40. The third-order valence-corrected chi connectivity index (χ3v) is 4.17. The van der Waals surface area contributed by atoms with Gasteiger partial charge in [-0.3, -0.25) is 4.79 Å². The van der Waals surface area contributed by atoms with Crippen molar-refractivity contribution in [1.82, 2.24) is 0 Å². The molecule has 18 heavy (non-hydrogen) atoms. The first-order chi connectivity index (χ1) is 8.53. The molecule has 0 aliphatic heterocycles. The number of benzene rings is 1. The van der Waals surface area contributed by atoms with Gasteiger partial charge in [0.15, 0.2) is 0 Å². The van der Waals surface area contributed by atoms with Crippen molar-refractivity contribution in [2.24, 2.45) is 5.41 Å². The minimum atomic E-state index is -0.789. The van der Waals surface area contributed by atoms with Crippen molar-refractivity contribution < 1.29 is 14.3 Å². The number of hydrogen-bond acceptors (Lipinski definition) is 1. The zero-order chi connectivity index (χ0) is 13.2. The molecular formula is C14H16ClFO2. The van der Waals surface area contributed by atoms with Crippen molar-refractivity contribution in [3.8, 4) is 0 Å². The third kappa shape index (κ3) is 2.66. The van der Waals surface area contributed by atoms with Gasteiger partial charge in [-0.2, -0.15) is 0 Å². The highest BCUT2D eigenvalue weighted by molar-refractivity contribution is 6.31. The summed E-state index contributed by atoms with van der Waals surface area (Å²) in [7, 11) is 0. The Kier molecular flexibility index (Phi) is 3.91. The van der Waals surface area contributed by atoms with Gasteiger partial charge in [-0.15, -0.1) is 0 Å². The zero-order valence-electron chi connectivity index (χ0n) is 10.1. The summed E-state index contributed by atoms with van der Waals surface area (Å²) in [6.45, 7) is 0. The minimum Gasteiger partial charge on any atom is -0.481 e. The number of halogens is 2. The van der Waals surface area contributed by atoms with Crippen molar-refractivity contribution in [2.75, 3.05) is 0 Å². The number of rotatable bonds is 3. The van der Waals surface area contributed by atoms with E-state index in [1.807, 2.05) is 0 Å². The van der Waals surface area contributed by atoms with Crippen molar-refractivity contribution in [3.63, 3.8) is 0 Å². The van der Waals surface area contributed by atoms with Gasteiger partial charge in [-0.25, -0.2) is 4.39 Å². The fourth-order valence-corrected chi connectivity index (χ4v) is 2.92. The number of carboxylic acid groups (broad SMARTS) is 1. The normalized spacial score (nSPS) is 18.6. The zero-order valence-corrected chi connectivity index (χ0v) is 10.8. The minimum absolute atomic E-state index is 0.318. The molecule has 0 unspecified atom stereocenters. The van der Waals surface area contributed by atoms with Crippen molar-refractivity contribution in [2.45, 2.75) is 38.5 Å². The molecule has 1 aliphatic rings. The lowest BCUT2D eigenvalue weighted by molar-refractivity contribution is -0.151. The van der Waals surface area contributed by atoms with Crippen LogP contribution >= 0.6 is 11.6 Å². The number of aliphatic carboxylic acids is 1. The second-order valence-electron chi connectivity index (χ2n) is 5.06. The van der Waals surface area contributed by atoms with E-state index < -0.39 is 11.4 Å². The van der Waals surface area contributed by atoms with Crippen LogP contribution in [0.1, 0.15) is 37.7 Å². The summed E-state index contributed by atoms with van der Waals surface area (Å²) < 4.78 is 13.2. The van der Waals surface area contributed by atoms with Crippen LogP contribution in [0.2, 0.25) is 5.02 Å². The van der Waals surface area contributed by atoms with Crippen LogP contribution in [0.4, 0.5) is 4.39 Å². The maximum atomic E-state index is 13.2. The molecule has 1 aliphatic carbocycles. The van der Waals surface area contributed by atoms with Crippen molar-refractivity contribution in [3.05, 3.63) is 34.6 Å². The van der Waals surface area contributed by atoms with Crippen LogP contribution < -0.4 is 0 Å². The molecule has 1 aromatic carbocycles. The van der Waals surface area contributed by atoms with Gasteiger partial charge >= 0.3 is 5.97 Å². The highest BCUT2D eigenvalue weighted by Crippen LogP contribution is 2.40. The smallest absolute Gasteiger partial charge is 0.309 e. The Balaban J connectivity index is 2.28.